The predicted molar refractivity (Wildman–Crippen MR) is 105 cm³/mol. The van der Waals surface area contributed by atoms with Crippen LogP contribution in [0.15, 0.2) is 88.9 Å². The van der Waals surface area contributed by atoms with Gasteiger partial charge in [-0.1, -0.05) is 59.0 Å². The molecular formula is C18H15IN2O2S. The highest BCUT2D eigenvalue weighted by Crippen LogP contribution is 2.20. The van der Waals surface area contributed by atoms with E-state index < -0.39 is 10.0 Å². The molecule has 6 heteroatoms. The van der Waals surface area contributed by atoms with Gasteiger partial charge in [0.2, 0.25) is 0 Å². The quantitative estimate of drug-likeness (QED) is 0.331. The molecule has 0 aliphatic carbocycles. The topological polar surface area (TPSA) is 51.4 Å². The van der Waals surface area contributed by atoms with Gasteiger partial charge in [-0.05, 0) is 36.4 Å². The Hall–Kier alpha value is -1.93. The van der Waals surface area contributed by atoms with Gasteiger partial charge < -0.3 is 0 Å². The number of nitrogens with zero attached hydrogens (tertiary/aromatic N) is 2. The van der Waals surface area contributed by atoms with Gasteiger partial charge in [0.1, 0.15) is 0 Å². The average Bonchev–Trinajstić information content (AvgIpc) is 3.12. The maximum Gasteiger partial charge on any atom is 0.268 e. The second-order valence-electron chi connectivity index (χ2n) is 5.04. The number of rotatable bonds is 5. The summed E-state index contributed by atoms with van der Waals surface area (Å²) in [5, 5.41) is 0. The van der Waals surface area contributed by atoms with E-state index in [0.717, 1.165) is 5.69 Å². The van der Waals surface area contributed by atoms with Crippen LogP contribution >= 0.6 is 22.6 Å². The van der Waals surface area contributed by atoms with Gasteiger partial charge in [-0.15, -0.1) is 0 Å². The lowest BCUT2D eigenvalue weighted by Gasteiger charge is -2.11. The van der Waals surface area contributed by atoms with Crippen molar-refractivity contribution < 1.29 is 8.42 Å². The molecule has 0 radical (unpaired) electrons. The third-order valence-corrected chi connectivity index (χ3v) is 5.88. The number of aliphatic imine (C=N–C) groups is 1. The molecule has 0 aliphatic rings. The van der Waals surface area contributed by atoms with Crippen molar-refractivity contribution in [2.24, 2.45) is 4.99 Å². The molecule has 0 saturated heterocycles. The summed E-state index contributed by atoms with van der Waals surface area (Å²) in [6.45, 7) is 0. The molecule has 1 aromatic heterocycles. The number of hydrogen-bond donors (Lipinski definition) is 0. The average molecular weight is 450 g/mol. The van der Waals surface area contributed by atoms with Crippen LogP contribution in [0, 0.1) is 0 Å². The molecule has 0 unspecified atom stereocenters. The van der Waals surface area contributed by atoms with Crippen LogP contribution < -0.4 is 0 Å². The summed E-state index contributed by atoms with van der Waals surface area (Å²) in [4.78, 5) is 4.87. The Bertz CT molecular complexity index is 949. The van der Waals surface area contributed by atoms with Crippen molar-refractivity contribution in [2.45, 2.75) is 4.90 Å². The number of aromatic nitrogens is 1. The maximum absolute atomic E-state index is 12.9. The summed E-state index contributed by atoms with van der Waals surface area (Å²) in [6, 6.07) is 21.4. The van der Waals surface area contributed by atoms with E-state index in [1.807, 2.05) is 30.3 Å². The van der Waals surface area contributed by atoms with E-state index in [2.05, 4.69) is 27.6 Å². The van der Waals surface area contributed by atoms with E-state index in [9.17, 15) is 8.42 Å². The van der Waals surface area contributed by atoms with Crippen molar-refractivity contribution in [3.63, 3.8) is 0 Å². The van der Waals surface area contributed by atoms with E-state index in [1.165, 1.54) is 3.97 Å². The molecule has 0 N–H and O–H groups in total. The van der Waals surface area contributed by atoms with Crippen LogP contribution in [-0.4, -0.2) is 22.5 Å². The van der Waals surface area contributed by atoms with Crippen molar-refractivity contribution >= 4 is 44.0 Å². The van der Waals surface area contributed by atoms with Crippen molar-refractivity contribution in [2.75, 3.05) is 4.43 Å². The van der Waals surface area contributed by atoms with Crippen molar-refractivity contribution in [1.29, 1.82) is 0 Å². The minimum Gasteiger partial charge on any atom is -0.250 e. The zero-order valence-corrected chi connectivity index (χ0v) is 15.7. The van der Waals surface area contributed by atoms with Gasteiger partial charge >= 0.3 is 0 Å². The lowest BCUT2D eigenvalue weighted by molar-refractivity contribution is 0.587. The largest absolute Gasteiger partial charge is 0.268 e. The number of hydrogen-bond acceptors (Lipinski definition) is 3. The first-order chi connectivity index (χ1) is 11.6. The van der Waals surface area contributed by atoms with E-state index in [-0.39, 0.29) is 4.90 Å². The highest BCUT2D eigenvalue weighted by molar-refractivity contribution is 14.1. The van der Waals surface area contributed by atoms with Gasteiger partial charge in [0.05, 0.1) is 22.0 Å². The summed E-state index contributed by atoms with van der Waals surface area (Å²) in [5.41, 5.74) is 2.09. The first-order valence-electron chi connectivity index (χ1n) is 7.30. The molecule has 0 saturated carbocycles. The smallest absolute Gasteiger partial charge is 0.250 e. The lowest BCUT2D eigenvalue weighted by atomic mass is 10.3. The molecule has 2 aromatic carbocycles. The van der Waals surface area contributed by atoms with Crippen LogP contribution in [0.2, 0.25) is 0 Å². The summed E-state index contributed by atoms with van der Waals surface area (Å²) in [5.74, 6) is 0. The third kappa shape index (κ3) is 3.44. The summed E-state index contributed by atoms with van der Waals surface area (Å²) in [7, 11) is -3.64. The molecule has 122 valence electrons. The van der Waals surface area contributed by atoms with Gasteiger partial charge in [-0.25, -0.2) is 12.4 Å². The van der Waals surface area contributed by atoms with E-state index >= 15 is 0 Å². The van der Waals surface area contributed by atoms with E-state index in [4.69, 9.17) is 0 Å². The Morgan fingerprint density at radius 3 is 2.17 bits per heavy atom. The lowest BCUT2D eigenvalue weighted by Crippen LogP contribution is -2.18. The van der Waals surface area contributed by atoms with Crippen LogP contribution in [0.3, 0.4) is 0 Å². The van der Waals surface area contributed by atoms with Gasteiger partial charge in [0, 0.05) is 10.6 Å². The number of halogens is 1. The number of para-hydroxylation sites is 1. The molecule has 0 fully saturated rings. The van der Waals surface area contributed by atoms with Crippen molar-refractivity contribution in [1.82, 2.24) is 3.97 Å². The van der Waals surface area contributed by atoms with Crippen molar-refractivity contribution in [3.05, 3.63) is 84.7 Å². The first-order valence-corrected chi connectivity index (χ1v) is 10.3. The zero-order valence-electron chi connectivity index (χ0n) is 12.7. The summed E-state index contributed by atoms with van der Waals surface area (Å²) < 4.78 is 27.7. The molecule has 24 heavy (non-hydrogen) atoms. The normalized spacial score (nSPS) is 12.3. The second-order valence-corrected chi connectivity index (χ2v) is 7.61. The van der Waals surface area contributed by atoms with Crippen LogP contribution in [0.25, 0.3) is 0 Å². The molecule has 0 spiro atoms. The predicted octanol–water partition coefficient (Wildman–Crippen LogP) is 4.28. The third-order valence-electron chi connectivity index (χ3n) is 3.46. The second kappa shape index (κ2) is 7.31. The van der Waals surface area contributed by atoms with Crippen LogP contribution in [0.1, 0.15) is 5.69 Å². The Kier molecular flexibility index (Phi) is 5.15. The van der Waals surface area contributed by atoms with Crippen LogP contribution in [-0.2, 0) is 10.0 Å². The first kappa shape index (κ1) is 16.9. The Morgan fingerprint density at radius 2 is 1.54 bits per heavy atom. The monoisotopic (exact) mass is 450 g/mol. The Morgan fingerprint density at radius 1 is 0.917 bits per heavy atom. The highest BCUT2D eigenvalue weighted by atomic mass is 127. The fourth-order valence-electron chi connectivity index (χ4n) is 2.32. The number of alkyl halides is 1. The molecule has 3 rings (SSSR count). The minimum atomic E-state index is -3.64. The summed E-state index contributed by atoms with van der Waals surface area (Å²) >= 11 is 2.20. The standard InChI is InChI=1S/C18H15IN2O2S/c19-14-17(20-15-8-3-1-4-9-15)18-12-7-13-21(18)24(22,23)16-10-5-2-6-11-16/h1-13H,14H2. The molecule has 0 bridgehead atoms. The van der Waals surface area contributed by atoms with Crippen LogP contribution in [0.5, 0.6) is 0 Å². The van der Waals surface area contributed by atoms with Crippen molar-refractivity contribution in [3.8, 4) is 0 Å². The highest BCUT2D eigenvalue weighted by Gasteiger charge is 2.21. The molecule has 3 aromatic rings. The zero-order chi connectivity index (χ0) is 17.0. The number of benzene rings is 2. The summed E-state index contributed by atoms with van der Waals surface area (Å²) in [6.07, 6.45) is 1.56. The molecule has 1 heterocycles. The maximum atomic E-state index is 12.9. The van der Waals surface area contributed by atoms with Gasteiger partial charge in [-0.3, -0.25) is 4.99 Å². The van der Waals surface area contributed by atoms with Gasteiger partial charge in [-0.2, -0.15) is 0 Å². The van der Waals surface area contributed by atoms with Gasteiger partial charge in [0.25, 0.3) is 10.0 Å². The van der Waals surface area contributed by atoms with Gasteiger partial charge in [0.15, 0.2) is 0 Å². The fraction of sp³-hybridized carbons (Fsp3) is 0.0556. The Balaban J connectivity index is 2.09. The van der Waals surface area contributed by atoms with E-state index in [0.29, 0.717) is 15.8 Å². The molecular weight excluding hydrogens is 435 g/mol. The molecule has 4 nitrogen and oxygen atoms in total. The fourth-order valence-corrected chi connectivity index (χ4v) is 4.26. The Labute approximate surface area is 155 Å². The van der Waals surface area contributed by atoms with Crippen LogP contribution in [0.4, 0.5) is 5.69 Å². The molecule has 0 aliphatic heterocycles. The SMILES string of the molecule is O=S(=O)(c1ccccc1)n1cccc1C(CI)=Nc1ccccc1. The molecule has 0 atom stereocenters. The van der Waals surface area contributed by atoms with E-state index in [1.54, 1.807) is 48.7 Å². The molecule has 0 amide bonds. The minimum absolute atomic E-state index is 0.259.